The van der Waals surface area contributed by atoms with Gasteiger partial charge < -0.3 is 10.3 Å². The second kappa shape index (κ2) is 7.74. The third-order valence-corrected chi connectivity index (χ3v) is 8.29. The zero-order valence-electron chi connectivity index (χ0n) is 17.6. The van der Waals surface area contributed by atoms with Crippen molar-refractivity contribution >= 4 is 59.4 Å². The predicted molar refractivity (Wildman–Crippen MR) is 130 cm³/mol. The highest BCUT2D eigenvalue weighted by Crippen LogP contribution is 2.39. The van der Waals surface area contributed by atoms with Crippen molar-refractivity contribution in [2.75, 3.05) is 24.7 Å². The second-order valence-corrected chi connectivity index (χ2v) is 10.9. The summed E-state index contributed by atoms with van der Waals surface area (Å²) in [5.74, 6) is 0. The van der Waals surface area contributed by atoms with Crippen LogP contribution < -0.4 is 5.32 Å². The molecule has 0 saturated heterocycles. The molecule has 0 aliphatic carbocycles. The van der Waals surface area contributed by atoms with Crippen LogP contribution in [0.2, 0.25) is 0 Å². The van der Waals surface area contributed by atoms with Gasteiger partial charge in [-0.05, 0) is 48.7 Å². The second-order valence-electron chi connectivity index (χ2n) is 7.89. The Bertz CT molecular complexity index is 1540. The summed E-state index contributed by atoms with van der Waals surface area (Å²) in [6.07, 6.45) is 7.38. The lowest BCUT2D eigenvalue weighted by Crippen LogP contribution is -2.33. The van der Waals surface area contributed by atoms with Crippen LogP contribution in [0.25, 0.3) is 26.7 Å². The van der Waals surface area contributed by atoms with E-state index in [0.717, 1.165) is 48.5 Å². The summed E-state index contributed by atoms with van der Waals surface area (Å²) in [6.45, 7) is 2.90. The van der Waals surface area contributed by atoms with Crippen molar-refractivity contribution in [3.63, 3.8) is 0 Å². The molecule has 7 nitrogen and oxygen atoms in total. The Morgan fingerprint density at radius 3 is 2.84 bits per heavy atom. The van der Waals surface area contributed by atoms with Crippen molar-refractivity contribution in [2.24, 2.45) is 0 Å². The number of rotatable bonds is 4. The van der Waals surface area contributed by atoms with Crippen LogP contribution in [0.3, 0.4) is 0 Å². The number of nitrogens with one attached hydrogen (secondary N) is 2. The van der Waals surface area contributed by atoms with Crippen LogP contribution in [-0.2, 0) is 10.0 Å². The first-order valence-corrected chi connectivity index (χ1v) is 12.8. The van der Waals surface area contributed by atoms with Gasteiger partial charge in [0.25, 0.3) is 0 Å². The van der Waals surface area contributed by atoms with E-state index < -0.39 is 10.0 Å². The minimum absolute atomic E-state index is 0.375. The predicted octanol–water partition coefficient (Wildman–Crippen LogP) is 4.75. The van der Waals surface area contributed by atoms with E-state index in [4.69, 9.17) is 0 Å². The zero-order valence-corrected chi connectivity index (χ0v) is 19.3. The van der Waals surface area contributed by atoms with E-state index in [0.29, 0.717) is 25.1 Å². The number of sulfonamides is 1. The fourth-order valence-corrected chi connectivity index (χ4v) is 5.94. The van der Waals surface area contributed by atoms with Gasteiger partial charge in [0.05, 0.1) is 17.5 Å². The van der Waals surface area contributed by atoms with Gasteiger partial charge >= 0.3 is 0 Å². The molecule has 0 fully saturated rings. The topological polar surface area (TPSA) is 102 Å². The first-order chi connectivity index (χ1) is 15.3. The number of aromatic amines is 1. The fourth-order valence-electron chi connectivity index (χ4n) is 4.10. The number of anilines is 2. The summed E-state index contributed by atoms with van der Waals surface area (Å²) in [5.41, 5.74) is 5.45. The van der Waals surface area contributed by atoms with Gasteiger partial charge in [0, 0.05) is 52.3 Å². The molecule has 32 heavy (non-hydrogen) atoms. The summed E-state index contributed by atoms with van der Waals surface area (Å²) in [4.78, 5) is 9.62. The van der Waals surface area contributed by atoms with Crippen molar-refractivity contribution in [1.29, 1.82) is 5.26 Å². The van der Waals surface area contributed by atoms with E-state index in [1.807, 2.05) is 30.5 Å². The molecular formula is C23H21N5O2S2. The van der Waals surface area contributed by atoms with Crippen LogP contribution in [0.1, 0.15) is 22.4 Å². The summed E-state index contributed by atoms with van der Waals surface area (Å²) < 4.78 is 25.1. The molecule has 9 heteroatoms. The van der Waals surface area contributed by atoms with E-state index in [9.17, 15) is 13.7 Å². The van der Waals surface area contributed by atoms with Crippen molar-refractivity contribution in [1.82, 2.24) is 14.3 Å². The molecule has 0 radical (unpaired) electrons. The van der Waals surface area contributed by atoms with E-state index in [1.54, 1.807) is 17.5 Å². The Labute approximate surface area is 190 Å². The van der Waals surface area contributed by atoms with Crippen molar-refractivity contribution in [2.45, 2.75) is 13.3 Å². The molecule has 0 amide bonds. The number of hydrogen-bond donors (Lipinski definition) is 2. The maximum absolute atomic E-state index is 11.8. The maximum atomic E-state index is 11.8. The average Bonchev–Trinajstić information content (AvgIpc) is 3.43. The van der Waals surface area contributed by atoms with Crippen LogP contribution in [0.4, 0.5) is 11.4 Å². The number of aromatic nitrogens is 2. The van der Waals surface area contributed by atoms with Gasteiger partial charge in [-0.25, -0.2) is 13.4 Å². The molecule has 1 aromatic carbocycles. The Balaban J connectivity index is 1.56. The highest BCUT2D eigenvalue weighted by molar-refractivity contribution is 7.88. The Morgan fingerprint density at radius 2 is 2.12 bits per heavy atom. The summed E-state index contributed by atoms with van der Waals surface area (Å²) >= 11 is 1.56. The van der Waals surface area contributed by atoms with Gasteiger partial charge in [-0.1, -0.05) is 6.08 Å². The van der Waals surface area contributed by atoms with Crippen molar-refractivity contribution in [3.05, 3.63) is 58.7 Å². The summed E-state index contributed by atoms with van der Waals surface area (Å²) in [7, 11) is -3.19. The SMILES string of the molecule is Cc1c(Nc2c(C#N)cnc3sc(C4=CCN(S(C)(=O)=O)CC4)cc23)ccc2[nH]ccc12. The maximum Gasteiger partial charge on any atom is 0.211 e. The number of H-pyrrole nitrogens is 1. The van der Waals surface area contributed by atoms with Crippen molar-refractivity contribution in [3.8, 4) is 6.07 Å². The molecule has 2 N–H and O–H groups in total. The van der Waals surface area contributed by atoms with Gasteiger partial charge in [-0.15, -0.1) is 11.3 Å². The number of nitriles is 1. The van der Waals surface area contributed by atoms with Gasteiger partial charge in [-0.2, -0.15) is 9.57 Å². The Kier molecular flexibility index (Phi) is 5.01. The number of hydrogen-bond acceptors (Lipinski definition) is 6. The average molecular weight is 464 g/mol. The smallest absolute Gasteiger partial charge is 0.211 e. The van der Waals surface area contributed by atoms with E-state index in [2.05, 4.69) is 34.3 Å². The minimum Gasteiger partial charge on any atom is -0.361 e. The van der Waals surface area contributed by atoms with Crippen LogP contribution >= 0.6 is 11.3 Å². The molecule has 1 aliphatic heterocycles. The van der Waals surface area contributed by atoms with E-state index in [-0.39, 0.29) is 0 Å². The molecule has 5 rings (SSSR count). The molecule has 0 spiro atoms. The molecule has 0 atom stereocenters. The summed E-state index contributed by atoms with van der Waals surface area (Å²) in [5, 5.41) is 15.2. The zero-order chi connectivity index (χ0) is 22.5. The lowest BCUT2D eigenvalue weighted by atomic mass is 10.1. The van der Waals surface area contributed by atoms with Gasteiger partial charge in [0.2, 0.25) is 10.0 Å². The molecule has 4 heterocycles. The number of benzene rings is 1. The standard InChI is InChI=1S/C23H21N5O2S2/c1-14-17-5-8-25-20(17)4-3-19(14)27-22-16(12-24)13-26-23-18(22)11-21(31-23)15-6-9-28(10-7-15)32(2,29)30/h3-6,8,11,13,25H,7,9-10H2,1-2H3,(H,26,27). The molecular weight excluding hydrogens is 442 g/mol. The number of pyridine rings is 1. The Morgan fingerprint density at radius 1 is 1.28 bits per heavy atom. The summed E-state index contributed by atoms with van der Waals surface area (Å²) in [6, 6.07) is 10.4. The quantitative estimate of drug-likeness (QED) is 0.455. The third-order valence-electron chi connectivity index (χ3n) is 5.90. The highest BCUT2D eigenvalue weighted by Gasteiger charge is 2.22. The van der Waals surface area contributed by atoms with Gasteiger partial charge in [0.15, 0.2) is 0 Å². The molecule has 0 saturated carbocycles. The first-order valence-electron chi connectivity index (χ1n) is 10.2. The number of fused-ring (bicyclic) bond motifs is 2. The van der Waals surface area contributed by atoms with Gasteiger partial charge in [0.1, 0.15) is 10.9 Å². The van der Waals surface area contributed by atoms with E-state index >= 15 is 0 Å². The van der Waals surface area contributed by atoms with Gasteiger partial charge in [-0.3, -0.25) is 0 Å². The number of thiophene rings is 1. The van der Waals surface area contributed by atoms with Crippen molar-refractivity contribution < 1.29 is 8.42 Å². The molecule has 1 aliphatic rings. The molecule has 0 bridgehead atoms. The fraction of sp³-hybridized carbons (Fsp3) is 0.217. The molecule has 3 aromatic heterocycles. The molecule has 0 unspecified atom stereocenters. The highest BCUT2D eigenvalue weighted by atomic mass is 32.2. The lowest BCUT2D eigenvalue weighted by Gasteiger charge is -2.23. The Hall–Kier alpha value is -3.19. The largest absolute Gasteiger partial charge is 0.361 e. The number of nitrogens with zero attached hydrogens (tertiary/aromatic N) is 3. The molecule has 162 valence electrons. The molecule has 4 aromatic rings. The first kappa shape index (κ1) is 20.7. The van der Waals surface area contributed by atoms with Crippen LogP contribution in [0, 0.1) is 18.3 Å². The monoisotopic (exact) mass is 463 g/mol. The third kappa shape index (κ3) is 3.56. The lowest BCUT2D eigenvalue weighted by molar-refractivity contribution is 0.446. The van der Waals surface area contributed by atoms with Crippen LogP contribution in [0.15, 0.2) is 42.7 Å². The van der Waals surface area contributed by atoms with Crippen LogP contribution in [0.5, 0.6) is 0 Å². The normalized spacial score (nSPS) is 15.1. The minimum atomic E-state index is -3.19. The number of aryl methyl sites for hydroxylation is 1. The van der Waals surface area contributed by atoms with Crippen LogP contribution in [-0.4, -0.2) is 42.0 Å². The van der Waals surface area contributed by atoms with E-state index in [1.165, 1.54) is 10.6 Å².